The lowest BCUT2D eigenvalue weighted by Gasteiger charge is -2.44. The molecule has 0 aliphatic carbocycles. The smallest absolute Gasteiger partial charge is 0.328 e. The fraction of sp³-hybridized carbons (Fsp3) is 0.421. The van der Waals surface area contributed by atoms with E-state index in [1.807, 2.05) is 24.3 Å². The summed E-state index contributed by atoms with van der Waals surface area (Å²) >= 11 is 0. The third-order valence-electron chi connectivity index (χ3n) is 5.64. The predicted molar refractivity (Wildman–Crippen MR) is 103 cm³/mol. The summed E-state index contributed by atoms with van der Waals surface area (Å²) in [5.41, 5.74) is 1.15. The molecule has 0 saturated carbocycles. The van der Waals surface area contributed by atoms with Gasteiger partial charge in [0.1, 0.15) is 5.54 Å². The first-order valence-electron chi connectivity index (χ1n) is 9.17. The van der Waals surface area contributed by atoms with Crippen molar-refractivity contribution in [2.24, 2.45) is 7.05 Å². The Balaban J connectivity index is 1.40. The molecule has 1 aromatic heterocycles. The number of piperidine rings is 1. The molecule has 142 valence electrons. The monoisotopic (exact) mass is 369 g/mol. The van der Waals surface area contributed by atoms with Crippen LogP contribution >= 0.6 is 0 Å². The fourth-order valence-electron chi connectivity index (χ4n) is 3.84. The van der Waals surface area contributed by atoms with Gasteiger partial charge in [-0.25, -0.2) is 4.79 Å². The lowest BCUT2D eigenvalue weighted by molar-refractivity contribution is -0.122. The molecule has 1 amide bonds. The van der Waals surface area contributed by atoms with E-state index in [9.17, 15) is 14.4 Å². The number of hydrogen-bond acceptors (Lipinski definition) is 5. The molecule has 1 fully saturated rings. The lowest BCUT2D eigenvalue weighted by Crippen LogP contribution is -2.58. The molecule has 1 saturated heterocycles. The summed E-state index contributed by atoms with van der Waals surface area (Å²) < 4.78 is 1.09. The molecular weight excluding hydrogens is 346 g/mol. The van der Waals surface area contributed by atoms with Crippen LogP contribution in [0.25, 0.3) is 0 Å². The molecule has 1 aromatic carbocycles. The van der Waals surface area contributed by atoms with Crippen molar-refractivity contribution in [2.45, 2.75) is 24.8 Å². The van der Waals surface area contributed by atoms with E-state index in [1.54, 1.807) is 0 Å². The predicted octanol–water partition coefficient (Wildman–Crippen LogP) is 0.515. The van der Waals surface area contributed by atoms with E-state index >= 15 is 0 Å². The number of aromatic nitrogens is 2. The van der Waals surface area contributed by atoms with Crippen molar-refractivity contribution in [3.63, 3.8) is 0 Å². The highest BCUT2D eigenvalue weighted by molar-refractivity contribution is 6.06. The highest BCUT2D eigenvalue weighted by Gasteiger charge is 2.44. The Morgan fingerprint density at radius 3 is 2.52 bits per heavy atom. The average molecular weight is 369 g/mol. The average Bonchev–Trinajstić information content (AvgIpc) is 2.68. The van der Waals surface area contributed by atoms with Crippen molar-refractivity contribution < 1.29 is 4.79 Å². The van der Waals surface area contributed by atoms with Gasteiger partial charge < -0.3 is 20.5 Å². The van der Waals surface area contributed by atoms with Crippen LogP contribution in [0.4, 0.5) is 11.4 Å². The first-order valence-corrected chi connectivity index (χ1v) is 9.17. The Hall–Kier alpha value is -2.87. The van der Waals surface area contributed by atoms with Gasteiger partial charge in [-0.15, -0.1) is 0 Å². The van der Waals surface area contributed by atoms with Crippen molar-refractivity contribution in [2.75, 3.05) is 30.3 Å². The topological polar surface area (TPSA) is 99.2 Å². The number of nitrogens with one attached hydrogen (secondary N) is 3. The summed E-state index contributed by atoms with van der Waals surface area (Å²) in [7, 11) is 1.47. The highest BCUT2D eigenvalue weighted by Crippen LogP contribution is 2.36. The molecule has 0 radical (unpaired) electrons. The van der Waals surface area contributed by atoms with Gasteiger partial charge in [-0.05, 0) is 31.4 Å². The Kier molecular flexibility index (Phi) is 4.35. The first-order chi connectivity index (χ1) is 13.0. The maximum Gasteiger partial charge on any atom is 0.328 e. The first kappa shape index (κ1) is 17.5. The molecular formula is C19H23N5O3. The minimum Gasteiger partial charge on any atom is -0.369 e. The summed E-state index contributed by atoms with van der Waals surface area (Å²) in [6, 6.07) is 7.74. The van der Waals surface area contributed by atoms with Crippen LogP contribution < -0.4 is 21.9 Å². The van der Waals surface area contributed by atoms with Crippen LogP contribution in [0.1, 0.15) is 18.4 Å². The second-order valence-corrected chi connectivity index (χ2v) is 7.28. The van der Waals surface area contributed by atoms with E-state index in [0.29, 0.717) is 24.8 Å². The molecule has 2 aliphatic heterocycles. The quantitative estimate of drug-likeness (QED) is 0.732. The second kappa shape index (κ2) is 6.70. The Labute approximate surface area is 156 Å². The molecule has 0 unspecified atom stereocenters. The van der Waals surface area contributed by atoms with Crippen LogP contribution in [0.3, 0.4) is 0 Å². The zero-order chi connectivity index (χ0) is 19.0. The van der Waals surface area contributed by atoms with Crippen LogP contribution in [-0.2, 0) is 18.3 Å². The number of anilines is 2. The fourth-order valence-corrected chi connectivity index (χ4v) is 3.84. The minimum absolute atomic E-state index is 0.0235. The van der Waals surface area contributed by atoms with Crippen molar-refractivity contribution in [1.82, 2.24) is 14.5 Å². The molecule has 1 spiro atoms. The number of benzene rings is 1. The van der Waals surface area contributed by atoms with Crippen LogP contribution in [0.15, 0.2) is 40.1 Å². The molecule has 2 aliphatic rings. The number of carbonyl (C=O) groups is 1. The van der Waals surface area contributed by atoms with Gasteiger partial charge >= 0.3 is 5.69 Å². The zero-order valence-electron chi connectivity index (χ0n) is 15.2. The van der Waals surface area contributed by atoms with Crippen molar-refractivity contribution in [3.05, 3.63) is 56.9 Å². The highest BCUT2D eigenvalue weighted by atomic mass is 16.2. The molecule has 0 bridgehead atoms. The van der Waals surface area contributed by atoms with Gasteiger partial charge in [-0.3, -0.25) is 14.2 Å². The van der Waals surface area contributed by atoms with Crippen LogP contribution in [0.2, 0.25) is 0 Å². The van der Waals surface area contributed by atoms with Crippen LogP contribution in [0.5, 0.6) is 0 Å². The Morgan fingerprint density at radius 1 is 1.07 bits per heavy atom. The SMILES string of the molecule is Cn1c(=O)[nH]cc(CCN2CCC3(CC2)Nc2ccccc2NC3=O)c1=O. The minimum atomic E-state index is -0.570. The number of H-pyrrole nitrogens is 1. The number of fused-ring (bicyclic) bond motifs is 1. The normalized spacial score (nSPS) is 18.6. The summed E-state index contributed by atoms with van der Waals surface area (Å²) in [4.78, 5) is 41.1. The number of aromatic amines is 1. The number of amides is 1. The third kappa shape index (κ3) is 3.16. The molecule has 4 rings (SSSR count). The van der Waals surface area contributed by atoms with Gasteiger partial charge in [0.2, 0.25) is 5.91 Å². The van der Waals surface area contributed by atoms with Gasteiger partial charge in [0.15, 0.2) is 0 Å². The molecule has 8 nitrogen and oxygen atoms in total. The van der Waals surface area contributed by atoms with E-state index < -0.39 is 11.2 Å². The van der Waals surface area contributed by atoms with E-state index in [0.717, 1.165) is 35.6 Å². The van der Waals surface area contributed by atoms with E-state index in [1.165, 1.54) is 13.2 Å². The maximum absolute atomic E-state index is 12.7. The van der Waals surface area contributed by atoms with Gasteiger partial charge in [-0.2, -0.15) is 0 Å². The molecule has 2 aromatic rings. The van der Waals surface area contributed by atoms with Crippen LogP contribution in [-0.4, -0.2) is 45.5 Å². The number of rotatable bonds is 3. The molecule has 8 heteroatoms. The van der Waals surface area contributed by atoms with Crippen molar-refractivity contribution >= 4 is 17.3 Å². The van der Waals surface area contributed by atoms with Crippen molar-refractivity contribution in [3.8, 4) is 0 Å². The largest absolute Gasteiger partial charge is 0.369 e. The summed E-state index contributed by atoms with van der Waals surface area (Å²) in [6.45, 7) is 2.26. The number of hydrogen-bond donors (Lipinski definition) is 3. The van der Waals surface area contributed by atoms with E-state index in [-0.39, 0.29) is 11.5 Å². The summed E-state index contributed by atoms with van der Waals surface area (Å²) in [5, 5.41) is 6.46. The number of nitrogens with zero attached hydrogens (tertiary/aromatic N) is 2. The van der Waals surface area contributed by atoms with Crippen molar-refractivity contribution in [1.29, 1.82) is 0 Å². The number of likely N-dealkylation sites (tertiary alicyclic amines) is 1. The molecule has 0 atom stereocenters. The maximum atomic E-state index is 12.7. The van der Waals surface area contributed by atoms with Gasteiger partial charge in [0, 0.05) is 38.4 Å². The van der Waals surface area contributed by atoms with Gasteiger partial charge in [0.05, 0.1) is 11.4 Å². The molecule has 3 N–H and O–H groups in total. The summed E-state index contributed by atoms with van der Waals surface area (Å²) in [6.07, 6.45) is 3.48. The van der Waals surface area contributed by atoms with E-state index in [2.05, 4.69) is 20.5 Å². The lowest BCUT2D eigenvalue weighted by atomic mass is 9.84. The Bertz CT molecular complexity index is 985. The standard InChI is InChI=1S/C19H23N5O3/c1-23-16(25)13(12-20-18(23)27)6-9-24-10-7-19(8-11-24)17(26)21-14-4-2-3-5-15(14)22-19/h2-5,12,22H,6-11H2,1H3,(H,20,27)(H,21,26). The Morgan fingerprint density at radius 2 is 1.78 bits per heavy atom. The zero-order valence-corrected chi connectivity index (χ0v) is 15.2. The molecule has 27 heavy (non-hydrogen) atoms. The van der Waals surface area contributed by atoms with Gasteiger partial charge in [-0.1, -0.05) is 12.1 Å². The number of para-hydroxylation sites is 2. The van der Waals surface area contributed by atoms with Gasteiger partial charge in [0.25, 0.3) is 5.56 Å². The second-order valence-electron chi connectivity index (χ2n) is 7.28. The number of carbonyl (C=O) groups excluding carboxylic acids is 1. The summed E-state index contributed by atoms with van der Waals surface area (Å²) in [5.74, 6) is 0.0235. The third-order valence-corrected chi connectivity index (χ3v) is 5.64. The van der Waals surface area contributed by atoms with E-state index in [4.69, 9.17) is 0 Å². The molecule has 3 heterocycles. The van der Waals surface area contributed by atoms with Crippen LogP contribution in [0, 0.1) is 0 Å².